The normalized spacial score (nSPS) is 42.2. The van der Waals surface area contributed by atoms with E-state index in [1.165, 1.54) is 30.4 Å². The number of aromatic nitrogens is 2. The van der Waals surface area contributed by atoms with E-state index in [1.54, 1.807) is 0 Å². The molecule has 28 heavy (non-hydrogen) atoms. The number of nitrogens with zero attached hydrogens (tertiary/aromatic N) is 2. The van der Waals surface area contributed by atoms with E-state index in [1.807, 2.05) is 18.5 Å². The highest BCUT2D eigenvalue weighted by molar-refractivity contribution is 5.82. The van der Waals surface area contributed by atoms with E-state index < -0.39 is 0 Å². The number of hydrogen-bond acceptors (Lipinski definition) is 3. The zero-order chi connectivity index (χ0) is 19.5. The molecule has 0 aliphatic heterocycles. The maximum Gasteiger partial charge on any atom is 0.155 e. The second-order valence-electron chi connectivity index (χ2n) is 10.1. The summed E-state index contributed by atoms with van der Waals surface area (Å²) < 4.78 is 0. The Bertz CT molecular complexity index is 857. The van der Waals surface area contributed by atoms with Crippen LogP contribution >= 0.6 is 0 Å². The summed E-state index contributed by atoms with van der Waals surface area (Å²) in [6, 6.07) is 1.90. The Morgan fingerprint density at radius 3 is 2.64 bits per heavy atom. The van der Waals surface area contributed by atoms with Crippen LogP contribution in [0.25, 0.3) is 5.57 Å². The van der Waals surface area contributed by atoms with E-state index in [0.29, 0.717) is 35.9 Å². The molecule has 2 fully saturated rings. The molecule has 6 atom stereocenters. The van der Waals surface area contributed by atoms with Gasteiger partial charge in [-0.05, 0) is 78.2 Å². The highest BCUT2D eigenvalue weighted by Crippen LogP contribution is 2.67. The van der Waals surface area contributed by atoms with Crippen molar-refractivity contribution >= 4 is 11.4 Å². The maximum atomic E-state index is 12.2. The second kappa shape index (κ2) is 6.37. The number of ketones is 1. The largest absolute Gasteiger partial charge is 0.299 e. The van der Waals surface area contributed by atoms with Crippen LogP contribution in [0.3, 0.4) is 0 Å². The van der Waals surface area contributed by atoms with Crippen molar-refractivity contribution in [2.75, 3.05) is 0 Å². The van der Waals surface area contributed by atoms with E-state index in [2.05, 4.69) is 42.9 Å². The van der Waals surface area contributed by atoms with E-state index in [0.717, 1.165) is 25.1 Å². The van der Waals surface area contributed by atoms with Crippen LogP contribution in [0.5, 0.6) is 0 Å². The van der Waals surface area contributed by atoms with Gasteiger partial charge in [-0.1, -0.05) is 38.5 Å². The molecule has 2 saturated carbocycles. The van der Waals surface area contributed by atoms with Crippen LogP contribution in [-0.2, 0) is 4.79 Å². The minimum absolute atomic E-state index is 0.183. The van der Waals surface area contributed by atoms with Crippen molar-refractivity contribution in [1.29, 1.82) is 0 Å². The summed E-state index contributed by atoms with van der Waals surface area (Å²) in [4.78, 5) is 21.4. The number of hydrogen-bond donors (Lipinski definition) is 0. The fourth-order valence-electron chi connectivity index (χ4n) is 7.39. The summed E-state index contributed by atoms with van der Waals surface area (Å²) in [5.74, 6) is 4.08. The van der Waals surface area contributed by atoms with Crippen molar-refractivity contribution in [1.82, 2.24) is 9.97 Å². The fraction of sp³-hybridized carbons (Fsp3) is 0.640. The molecule has 3 heteroatoms. The first-order valence-corrected chi connectivity index (χ1v) is 11.2. The average Bonchev–Trinajstić information content (AvgIpc) is 3.06. The van der Waals surface area contributed by atoms with Crippen LogP contribution in [0.4, 0.5) is 0 Å². The highest BCUT2D eigenvalue weighted by Gasteiger charge is 2.59. The average molecular weight is 377 g/mol. The molecular weight excluding hydrogens is 344 g/mol. The van der Waals surface area contributed by atoms with Crippen molar-refractivity contribution in [3.8, 4) is 0 Å². The van der Waals surface area contributed by atoms with Gasteiger partial charge in [-0.2, -0.15) is 0 Å². The third-order valence-corrected chi connectivity index (χ3v) is 8.96. The lowest BCUT2D eigenvalue weighted by Crippen LogP contribution is -2.52. The van der Waals surface area contributed by atoms with Crippen LogP contribution in [0.2, 0.25) is 0 Å². The minimum Gasteiger partial charge on any atom is -0.299 e. The molecule has 0 saturated heterocycles. The number of carbonyl (C=O) groups excluding carboxylic acids is 1. The lowest BCUT2D eigenvalue weighted by atomic mass is 9.45. The molecule has 0 N–H and O–H groups in total. The SMILES string of the molecule is CC[C@H]1C=C2CC(=O)CC[C@]2(C)[C@H]2CC[C@]3(C)C(c4ncccn4)=CC[C@H]3[C@H]12. The van der Waals surface area contributed by atoms with Crippen LogP contribution in [-0.4, -0.2) is 15.8 Å². The Balaban J connectivity index is 1.54. The number of rotatable bonds is 2. The molecule has 4 aliphatic carbocycles. The van der Waals surface area contributed by atoms with Gasteiger partial charge in [0.05, 0.1) is 0 Å². The van der Waals surface area contributed by atoms with Crippen LogP contribution in [0.1, 0.15) is 71.5 Å². The molecule has 0 radical (unpaired) electrons. The molecule has 1 heterocycles. The van der Waals surface area contributed by atoms with Crippen molar-refractivity contribution in [2.24, 2.45) is 34.5 Å². The zero-order valence-corrected chi connectivity index (χ0v) is 17.4. The van der Waals surface area contributed by atoms with Gasteiger partial charge in [0.15, 0.2) is 5.82 Å². The molecule has 1 aromatic heterocycles. The number of allylic oxidation sites excluding steroid dienone is 4. The van der Waals surface area contributed by atoms with Gasteiger partial charge < -0.3 is 0 Å². The lowest BCUT2D eigenvalue weighted by molar-refractivity contribution is -0.122. The molecule has 0 spiro atoms. The number of carbonyl (C=O) groups is 1. The van der Waals surface area contributed by atoms with E-state index >= 15 is 0 Å². The Morgan fingerprint density at radius 1 is 1.11 bits per heavy atom. The lowest BCUT2D eigenvalue weighted by Gasteiger charge is -2.59. The Labute approximate surface area is 168 Å². The molecule has 0 aromatic carbocycles. The summed E-state index contributed by atoms with van der Waals surface area (Å²) in [6.45, 7) is 7.28. The van der Waals surface area contributed by atoms with Gasteiger partial charge in [0, 0.05) is 25.2 Å². The summed E-state index contributed by atoms with van der Waals surface area (Å²) in [7, 11) is 0. The molecule has 0 bridgehead atoms. The topological polar surface area (TPSA) is 42.9 Å². The molecule has 5 rings (SSSR count). The minimum atomic E-state index is 0.183. The summed E-state index contributed by atoms with van der Waals surface area (Å²) in [6.07, 6.45) is 16.1. The van der Waals surface area contributed by atoms with E-state index in [9.17, 15) is 4.79 Å². The Morgan fingerprint density at radius 2 is 1.89 bits per heavy atom. The first-order valence-electron chi connectivity index (χ1n) is 11.2. The Kier molecular flexibility index (Phi) is 4.16. The highest BCUT2D eigenvalue weighted by atomic mass is 16.1. The molecular formula is C25H32N2O. The first kappa shape index (κ1) is 18.3. The standard InChI is InChI=1S/C25H32N2O/c1-4-16-14-17-15-18(28)8-10-24(17,2)20-9-11-25(3)19(22(16)20)6-7-21(25)23-26-12-5-13-27-23/h5,7,12-14,16,19-20,22H,4,6,8-11,15H2,1-3H3/t16-,19-,20-,22-,24-,25-/m0/s1. The van der Waals surface area contributed by atoms with Crippen LogP contribution < -0.4 is 0 Å². The summed E-state index contributed by atoms with van der Waals surface area (Å²) >= 11 is 0. The van der Waals surface area contributed by atoms with Gasteiger partial charge in [-0.15, -0.1) is 0 Å². The van der Waals surface area contributed by atoms with Crippen molar-refractivity contribution in [3.63, 3.8) is 0 Å². The smallest absolute Gasteiger partial charge is 0.155 e. The van der Waals surface area contributed by atoms with Crippen molar-refractivity contribution in [3.05, 3.63) is 42.0 Å². The summed E-state index contributed by atoms with van der Waals surface area (Å²) in [5.41, 5.74) is 3.27. The van der Waals surface area contributed by atoms with Crippen molar-refractivity contribution in [2.45, 2.75) is 65.7 Å². The predicted octanol–water partition coefficient (Wildman–Crippen LogP) is 5.64. The van der Waals surface area contributed by atoms with Crippen LogP contribution in [0.15, 0.2) is 36.2 Å². The monoisotopic (exact) mass is 376 g/mol. The molecule has 4 aliphatic rings. The van der Waals surface area contributed by atoms with Gasteiger partial charge in [-0.3, -0.25) is 4.79 Å². The molecule has 1 aromatic rings. The van der Waals surface area contributed by atoms with Gasteiger partial charge in [-0.25, -0.2) is 9.97 Å². The van der Waals surface area contributed by atoms with Crippen molar-refractivity contribution < 1.29 is 4.79 Å². The third kappa shape index (κ3) is 2.44. The van der Waals surface area contributed by atoms with Crippen LogP contribution in [0, 0.1) is 34.5 Å². The maximum absolute atomic E-state index is 12.2. The van der Waals surface area contributed by atoms with E-state index in [-0.39, 0.29) is 10.8 Å². The summed E-state index contributed by atoms with van der Waals surface area (Å²) in [5, 5.41) is 0. The predicted molar refractivity (Wildman–Crippen MR) is 111 cm³/mol. The first-order chi connectivity index (χ1) is 13.5. The van der Waals surface area contributed by atoms with E-state index in [4.69, 9.17) is 0 Å². The Hall–Kier alpha value is -1.77. The van der Waals surface area contributed by atoms with Gasteiger partial charge in [0.2, 0.25) is 0 Å². The van der Waals surface area contributed by atoms with Gasteiger partial charge >= 0.3 is 0 Å². The quantitative estimate of drug-likeness (QED) is 0.628. The number of Topliss-reactive ketones (excluding diaryl/α,β-unsaturated/α-hetero) is 1. The third-order valence-electron chi connectivity index (χ3n) is 8.96. The molecule has 0 unspecified atom stereocenters. The molecule has 0 amide bonds. The molecule has 148 valence electrons. The zero-order valence-electron chi connectivity index (χ0n) is 17.4. The van der Waals surface area contributed by atoms with Gasteiger partial charge in [0.1, 0.15) is 5.78 Å². The number of fused-ring (bicyclic) bond motifs is 5. The van der Waals surface area contributed by atoms with Gasteiger partial charge in [0.25, 0.3) is 0 Å². The fourth-order valence-corrected chi connectivity index (χ4v) is 7.39. The second-order valence-corrected chi connectivity index (χ2v) is 10.1. The molecule has 3 nitrogen and oxygen atoms in total.